The van der Waals surface area contributed by atoms with Crippen LogP contribution in [0.2, 0.25) is 0 Å². The second-order valence-corrected chi connectivity index (χ2v) is 6.25. The zero-order valence-electron chi connectivity index (χ0n) is 13.9. The fourth-order valence-corrected chi connectivity index (χ4v) is 3.38. The molecule has 128 valence electrons. The van der Waals surface area contributed by atoms with Crippen LogP contribution >= 0.6 is 0 Å². The van der Waals surface area contributed by atoms with Gasteiger partial charge in [-0.05, 0) is 30.3 Å². The van der Waals surface area contributed by atoms with Crippen molar-refractivity contribution in [2.45, 2.75) is 6.54 Å². The van der Waals surface area contributed by atoms with Crippen LogP contribution in [0.4, 0.5) is 11.4 Å². The molecule has 1 fully saturated rings. The van der Waals surface area contributed by atoms with Gasteiger partial charge >= 0.3 is 5.97 Å². The average molecular weight is 336 g/mol. The highest BCUT2D eigenvalue weighted by Gasteiger charge is 2.18. The Bertz CT molecular complexity index is 883. The van der Waals surface area contributed by atoms with Gasteiger partial charge in [0.05, 0.1) is 17.4 Å². The van der Waals surface area contributed by atoms with Crippen LogP contribution in [0.15, 0.2) is 54.9 Å². The molecular formula is C19H20N4O2. The van der Waals surface area contributed by atoms with Gasteiger partial charge in [0.25, 0.3) is 0 Å². The first-order valence-electron chi connectivity index (χ1n) is 8.42. The molecule has 25 heavy (non-hydrogen) atoms. The molecule has 1 aliphatic rings. The van der Waals surface area contributed by atoms with E-state index in [0.29, 0.717) is 0 Å². The number of nitrogens with zero attached hydrogens (tertiary/aromatic N) is 4. The minimum absolute atomic E-state index is 0.0639. The molecule has 2 heterocycles. The number of para-hydroxylation sites is 1. The summed E-state index contributed by atoms with van der Waals surface area (Å²) >= 11 is 0. The Labute approximate surface area is 145 Å². The number of piperazine rings is 1. The molecule has 1 N–H and O–H groups in total. The molecule has 0 saturated carbocycles. The molecule has 3 aromatic rings. The normalized spacial score (nSPS) is 14.9. The van der Waals surface area contributed by atoms with E-state index < -0.39 is 5.97 Å². The largest absolute Gasteiger partial charge is 0.480 e. The molecule has 0 spiro atoms. The highest BCUT2D eigenvalue weighted by atomic mass is 16.4. The topological polar surface area (TPSA) is 61.6 Å². The molecule has 6 heteroatoms. The number of aliphatic carboxylic acids is 1. The number of imidazole rings is 1. The van der Waals surface area contributed by atoms with E-state index in [-0.39, 0.29) is 6.54 Å². The molecule has 2 aromatic carbocycles. The third-order valence-corrected chi connectivity index (χ3v) is 4.68. The van der Waals surface area contributed by atoms with Crippen molar-refractivity contribution < 1.29 is 9.90 Å². The quantitative estimate of drug-likeness (QED) is 0.793. The molecule has 4 rings (SSSR count). The summed E-state index contributed by atoms with van der Waals surface area (Å²) in [6.45, 7) is 3.81. The van der Waals surface area contributed by atoms with Gasteiger partial charge in [-0.25, -0.2) is 4.98 Å². The zero-order chi connectivity index (χ0) is 17.2. The summed E-state index contributed by atoms with van der Waals surface area (Å²) in [5, 5.41) is 8.96. The molecule has 0 atom stereocenters. The van der Waals surface area contributed by atoms with Crippen molar-refractivity contribution in [3.63, 3.8) is 0 Å². The van der Waals surface area contributed by atoms with Gasteiger partial charge in [-0.3, -0.25) is 4.79 Å². The third kappa shape index (κ3) is 3.15. The number of hydrogen-bond donors (Lipinski definition) is 1. The number of carboxylic acids is 1. The second kappa shape index (κ2) is 6.47. The standard InChI is InChI=1S/C19H20N4O2/c24-19(25)13-23-14-20-17-12-16(6-7-18(17)23)22-10-8-21(9-11-22)15-4-2-1-3-5-15/h1-7,12,14H,8-11,13H2,(H,24,25). The number of carboxylic acid groups (broad SMARTS) is 1. The average Bonchev–Trinajstić information content (AvgIpc) is 3.04. The van der Waals surface area contributed by atoms with Gasteiger partial charge < -0.3 is 19.5 Å². The van der Waals surface area contributed by atoms with Crippen molar-refractivity contribution in [1.82, 2.24) is 9.55 Å². The smallest absolute Gasteiger partial charge is 0.323 e. The maximum Gasteiger partial charge on any atom is 0.323 e. The van der Waals surface area contributed by atoms with Crippen LogP contribution in [-0.2, 0) is 11.3 Å². The fraction of sp³-hybridized carbons (Fsp3) is 0.263. The van der Waals surface area contributed by atoms with Crippen molar-refractivity contribution in [2.24, 2.45) is 0 Å². The molecule has 0 aliphatic carbocycles. The summed E-state index contributed by atoms with van der Waals surface area (Å²) in [6, 6.07) is 16.6. The van der Waals surface area contributed by atoms with Gasteiger partial charge in [0.15, 0.2) is 0 Å². The van der Waals surface area contributed by atoms with Gasteiger partial charge in [0.2, 0.25) is 0 Å². The van der Waals surface area contributed by atoms with E-state index in [1.165, 1.54) is 5.69 Å². The van der Waals surface area contributed by atoms with Crippen LogP contribution in [0, 0.1) is 0 Å². The molecular weight excluding hydrogens is 316 g/mol. The predicted octanol–water partition coefficient (Wildman–Crippen LogP) is 2.45. The molecule has 0 bridgehead atoms. The number of benzene rings is 2. The fourth-order valence-electron chi connectivity index (χ4n) is 3.38. The SMILES string of the molecule is O=C(O)Cn1cnc2cc(N3CCN(c4ccccc4)CC3)ccc21. The summed E-state index contributed by atoms with van der Waals surface area (Å²) in [4.78, 5) is 20.0. The van der Waals surface area contributed by atoms with Crippen LogP contribution in [0.3, 0.4) is 0 Å². The first-order valence-corrected chi connectivity index (χ1v) is 8.42. The first-order chi connectivity index (χ1) is 12.2. The van der Waals surface area contributed by atoms with Gasteiger partial charge in [-0.1, -0.05) is 18.2 Å². The zero-order valence-corrected chi connectivity index (χ0v) is 13.9. The molecule has 0 unspecified atom stereocenters. The number of carbonyl (C=O) groups is 1. The summed E-state index contributed by atoms with van der Waals surface area (Å²) in [5.74, 6) is -0.861. The van der Waals surface area contributed by atoms with Crippen molar-refractivity contribution in [1.29, 1.82) is 0 Å². The molecule has 1 aliphatic heterocycles. The van der Waals surface area contributed by atoms with Crippen molar-refractivity contribution in [3.05, 3.63) is 54.9 Å². The Morgan fingerprint density at radius 2 is 1.64 bits per heavy atom. The molecule has 0 radical (unpaired) electrons. The number of aromatic nitrogens is 2. The lowest BCUT2D eigenvalue weighted by Gasteiger charge is -2.37. The third-order valence-electron chi connectivity index (χ3n) is 4.68. The van der Waals surface area contributed by atoms with Crippen LogP contribution in [0.25, 0.3) is 11.0 Å². The van der Waals surface area contributed by atoms with E-state index in [2.05, 4.69) is 45.1 Å². The molecule has 1 saturated heterocycles. The predicted molar refractivity (Wildman–Crippen MR) is 98.2 cm³/mol. The minimum atomic E-state index is -0.861. The monoisotopic (exact) mass is 336 g/mol. The van der Waals surface area contributed by atoms with E-state index in [9.17, 15) is 4.79 Å². The Balaban J connectivity index is 1.49. The molecule has 0 amide bonds. The highest BCUT2D eigenvalue weighted by Crippen LogP contribution is 2.24. The molecule has 1 aromatic heterocycles. The number of anilines is 2. The van der Waals surface area contributed by atoms with Crippen molar-refractivity contribution in [2.75, 3.05) is 36.0 Å². The van der Waals surface area contributed by atoms with Gasteiger partial charge in [-0.2, -0.15) is 0 Å². The van der Waals surface area contributed by atoms with Gasteiger partial charge in [0, 0.05) is 37.6 Å². The summed E-state index contributed by atoms with van der Waals surface area (Å²) in [6.07, 6.45) is 1.59. The maximum absolute atomic E-state index is 10.9. The van der Waals surface area contributed by atoms with E-state index >= 15 is 0 Å². The van der Waals surface area contributed by atoms with E-state index in [4.69, 9.17) is 5.11 Å². The Kier molecular flexibility index (Phi) is 4.01. The van der Waals surface area contributed by atoms with Crippen LogP contribution in [0.5, 0.6) is 0 Å². The summed E-state index contributed by atoms with van der Waals surface area (Å²) in [7, 11) is 0. The van der Waals surface area contributed by atoms with Crippen molar-refractivity contribution in [3.8, 4) is 0 Å². The Hall–Kier alpha value is -3.02. The minimum Gasteiger partial charge on any atom is -0.480 e. The highest BCUT2D eigenvalue weighted by molar-refractivity contribution is 5.81. The van der Waals surface area contributed by atoms with Crippen molar-refractivity contribution >= 4 is 28.4 Å². The van der Waals surface area contributed by atoms with Gasteiger partial charge in [0.1, 0.15) is 6.54 Å². The Morgan fingerprint density at radius 3 is 2.32 bits per heavy atom. The van der Waals surface area contributed by atoms with Gasteiger partial charge in [-0.15, -0.1) is 0 Å². The first kappa shape index (κ1) is 15.5. The Morgan fingerprint density at radius 1 is 0.960 bits per heavy atom. The lowest BCUT2D eigenvalue weighted by Crippen LogP contribution is -2.46. The number of hydrogen-bond acceptors (Lipinski definition) is 4. The van der Waals surface area contributed by atoms with E-state index in [1.54, 1.807) is 10.9 Å². The second-order valence-electron chi connectivity index (χ2n) is 6.25. The number of rotatable bonds is 4. The lowest BCUT2D eigenvalue weighted by atomic mass is 10.2. The summed E-state index contributed by atoms with van der Waals surface area (Å²) in [5.41, 5.74) is 4.10. The number of fused-ring (bicyclic) bond motifs is 1. The molecule has 6 nitrogen and oxygen atoms in total. The van der Waals surface area contributed by atoms with Crippen LogP contribution < -0.4 is 9.80 Å². The van der Waals surface area contributed by atoms with E-state index in [1.807, 2.05) is 18.2 Å². The van der Waals surface area contributed by atoms with Crippen LogP contribution in [0.1, 0.15) is 0 Å². The van der Waals surface area contributed by atoms with E-state index in [0.717, 1.165) is 42.9 Å². The van der Waals surface area contributed by atoms with Crippen LogP contribution in [-0.4, -0.2) is 46.8 Å². The maximum atomic E-state index is 10.9. The lowest BCUT2D eigenvalue weighted by molar-refractivity contribution is -0.137. The summed E-state index contributed by atoms with van der Waals surface area (Å²) < 4.78 is 1.66.